The fourth-order valence-electron chi connectivity index (χ4n) is 2.76. The Labute approximate surface area is 128 Å². The standard InChI is InChI=1S/C17H26N2O2/c1-13(2)17(12-18,10-7-11-19-3)14-8-6-9-15(20-4)16(14)21-5/h6,8-9,13,19H,7,10-11H2,1-5H3. The van der Waals surface area contributed by atoms with Crippen LogP contribution in [0.1, 0.15) is 32.3 Å². The van der Waals surface area contributed by atoms with Gasteiger partial charge in [-0.2, -0.15) is 5.26 Å². The van der Waals surface area contributed by atoms with E-state index in [9.17, 15) is 5.26 Å². The van der Waals surface area contributed by atoms with Gasteiger partial charge in [-0.1, -0.05) is 26.0 Å². The average Bonchev–Trinajstić information content (AvgIpc) is 2.50. The number of benzene rings is 1. The van der Waals surface area contributed by atoms with E-state index < -0.39 is 5.41 Å². The Morgan fingerprint density at radius 2 is 2.00 bits per heavy atom. The van der Waals surface area contributed by atoms with Crippen molar-refractivity contribution in [3.63, 3.8) is 0 Å². The van der Waals surface area contributed by atoms with Gasteiger partial charge in [0.15, 0.2) is 11.5 Å². The van der Waals surface area contributed by atoms with Gasteiger partial charge in [0.2, 0.25) is 0 Å². The molecule has 0 heterocycles. The summed E-state index contributed by atoms with van der Waals surface area (Å²) in [6.45, 7) is 5.06. The third kappa shape index (κ3) is 3.48. The third-order valence-corrected chi connectivity index (χ3v) is 4.07. The van der Waals surface area contributed by atoms with Crippen molar-refractivity contribution in [3.05, 3.63) is 23.8 Å². The van der Waals surface area contributed by atoms with Crippen molar-refractivity contribution in [2.75, 3.05) is 27.8 Å². The average molecular weight is 290 g/mol. The molecule has 1 aromatic rings. The Kier molecular flexibility index (Phi) is 6.51. The van der Waals surface area contributed by atoms with Crippen LogP contribution in [-0.2, 0) is 5.41 Å². The minimum Gasteiger partial charge on any atom is -0.493 e. The van der Waals surface area contributed by atoms with E-state index in [4.69, 9.17) is 9.47 Å². The molecule has 1 N–H and O–H groups in total. The van der Waals surface area contributed by atoms with Gasteiger partial charge in [-0.15, -0.1) is 0 Å². The fourth-order valence-corrected chi connectivity index (χ4v) is 2.76. The van der Waals surface area contributed by atoms with E-state index in [1.54, 1.807) is 14.2 Å². The smallest absolute Gasteiger partial charge is 0.165 e. The minimum absolute atomic E-state index is 0.181. The molecule has 116 valence electrons. The maximum absolute atomic E-state index is 9.92. The first kappa shape index (κ1) is 17.3. The molecule has 4 heteroatoms. The summed E-state index contributed by atoms with van der Waals surface area (Å²) in [7, 11) is 5.17. The predicted molar refractivity (Wildman–Crippen MR) is 84.8 cm³/mol. The lowest BCUT2D eigenvalue weighted by Crippen LogP contribution is -2.32. The van der Waals surface area contributed by atoms with Gasteiger partial charge >= 0.3 is 0 Å². The molecule has 0 aliphatic rings. The molecule has 0 saturated heterocycles. The molecule has 1 rings (SSSR count). The van der Waals surface area contributed by atoms with Crippen LogP contribution in [0, 0.1) is 17.2 Å². The molecule has 0 spiro atoms. The van der Waals surface area contributed by atoms with E-state index in [1.165, 1.54) is 0 Å². The van der Waals surface area contributed by atoms with Crippen LogP contribution < -0.4 is 14.8 Å². The maximum atomic E-state index is 9.92. The summed E-state index contributed by atoms with van der Waals surface area (Å²) < 4.78 is 10.9. The molecule has 4 nitrogen and oxygen atoms in total. The molecule has 0 aromatic heterocycles. The number of hydrogen-bond acceptors (Lipinski definition) is 4. The number of hydrogen-bond donors (Lipinski definition) is 1. The first-order valence-corrected chi connectivity index (χ1v) is 7.34. The highest BCUT2D eigenvalue weighted by molar-refractivity contribution is 5.52. The SMILES string of the molecule is CNCCCC(C#N)(c1cccc(OC)c1OC)C(C)C. The zero-order valence-electron chi connectivity index (χ0n) is 13.7. The molecule has 0 saturated carbocycles. The van der Waals surface area contributed by atoms with Crippen LogP contribution in [0.4, 0.5) is 0 Å². The molecular formula is C17H26N2O2. The van der Waals surface area contributed by atoms with Gasteiger partial charge in [0.05, 0.1) is 25.7 Å². The van der Waals surface area contributed by atoms with Gasteiger partial charge in [0, 0.05) is 5.56 Å². The second kappa shape index (κ2) is 7.90. The highest BCUT2D eigenvalue weighted by atomic mass is 16.5. The van der Waals surface area contributed by atoms with Crippen molar-refractivity contribution in [2.45, 2.75) is 32.1 Å². The lowest BCUT2D eigenvalue weighted by molar-refractivity contribution is 0.316. The topological polar surface area (TPSA) is 54.3 Å². The Balaban J connectivity index is 3.36. The third-order valence-electron chi connectivity index (χ3n) is 4.07. The minimum atomic E-state index is -0.573. The summed E-state index contributed by atoms with van der Waals surface area (Å²) in [5.41, 5.74) is 0.342. The Hall–Kier alpha value is -1.73. The van der Waals surface area contributed by atoms with Crippen molar-refractivity contribution < 1.29 is 9.47 Å². The van der Waals surface area contributed by atoms with E-state index in [-0.39, 0.29) is 5.92 Å². The number of nitrogens with one attached hydrogen (secondary N) is 1. The summed E-state index contributed by atoms with van der Waals surface area (Å²) in [4.78, 5) is 0. The van der Waals surface area contributed by atoms with Gasteiger partial charge in [0.1, 0.15) is 0 Å². The van der Waals surface area contributed by atoms with Gasteiger partial charge in [-0.05, 0) is 38.4 Å². The van der Waals surface area contributed by atoms with E-state index in [0.717, 1.165) is 24.9 Å². The van der Waals surface area contributed by atoms with Crippen molar-refractivity contribution in [2.24, 2.45) is 5.92 Å². The van der Waals surface area contributed by atoms with Gasteiger partial charge < -0.3 is 14.8 Å². The Morgan fingerprint density at radius 1 is 1.29 bits per heavy atom. The molecular weight excluding hydrogens is 264 g/mol. The van der Waals surface area contributed by atoms with Crippen LogP contribution in [-0.4, -0.2) is 27.8 Å². The maximum Gasteiger partial charge on any atom is 0.165 e. The highest BCUT2D eigenvalue weighted by Crippen LogP contribution is 2.44. The molecule has 0 amide bonds. The number of methoxy groups -OCH3 is 2. The summed E-state index contributed by atoms with van der Waals surface area (Å²) in [6.07, 6.45) is 1.72. The van der Waals surface area contributed by atoms with E-state index in [1.807, 2.05) is 25.2 Å². The Bertz CT molecular complexity index is 494. The lowest BCUT2D eigenvalue weighted by Gasteiger charge is -2.33. The van der Waals surface area contributed by atoms with Crippen molar-refractivity contribution >= 4 is 0 Å². The second-order valence-electron chi connectivity index (χ2n) is 5.49. The molecule has 0 fully saturated rings. The van der Waals surface area contributed by atoms with Gasteiger partial charge in [-0.3, -0.25) is 0 Å². The zero-order valence-corrected chi connectivity index (χ0v) is 13.7. The fraction of sp³-hybridized carbons (Fsp3) is 0.588. The van der Waals surface area contributed by atoms with Crippen molar-refractivity contribution in [1.82, 2.24) is 5.32 Å². The quantitative estimate of drug-likeness (QED) is 0.747. The number of nitrogens with zero attached hydrogens (tertiary/aromatic N) is 1. The van der Waals surface area contributed by atoms with E-state index >= 15 is 0 Å². The van der Waals surface area contributed by atoms with Crippen molar-refractivity contribution in [3.8, 4) is 17.6 Å². The number of para-hydroxylation sites is 1. The van der Waals surface area contributed by atoms with Gasteiger partial charge in [0.25, 0.3) is 0 Å². The number of rotatable bonds is 8. The largest absolute Gasteiger partial charge is 0.493 e. The van der Waals surface area contributed by atoms with Crippen LogP contribution in [0.2, 0.25) is 0 Å². The highest BCUT2D eigenvalue weighted by Gasteiger charge is 2.38. The number of ether oxygens (including phenoxy) is 2. The summed E-state index contributed by atoms with van der Waals surface area (Å²) in [5.74, 6) is 1.52. The predicted octanol–water partition coefficient (Wildman–Crippen LogP) is 3.12. The summed E-state index contributed by atoms with van der Waals surface area (Å²) >= 11 is 0. The lowest BCUT2D eigenvalue weighted by atomic mass is 9.69. The molecule has 1 unspecified atom stereocenters. The molecule has 0 aliphatic heterocycles. The molecule has 0 bridgehead atoms. The molecule has 0 radical (unpaired) electrons. The van der Waals surface area contributed by atoms with E-state index in [2.05, 4.69) is 25.2 Å². The van der Waals surface area contributed by atoms with Crippen LogP contribution >= 0.6 is 0 Å². The zero-order chi connectivity index (χ0) is 15.9. The first-order valence-electron chi connectivity index (χ1n) is 7.34. The normalized spacial score (nSPS) is 13.6. The van der Waals surface area contributed by atoms with Gasteiger partial charge in [-0.25, -0.2) is 0 Å². The number of nitriles is 1. The van der Waals surface area contributed by atoms with E-state index in [0.29, 0.717) is 11.5 Å². The van der Waals surface area contributed by atoms with Crippen LogP contribution in [0.15, 0.2) is 18.2 Å². The molecule has 1 atom stereocenters. The first-order chi connectivity index (χ1) is 10.1. The van der Waals surface area contributed by atoms with Crippen molar-refractivity contribution in [1.29, 1.82) is 5.26 Å². The molecule has 1 aromatic carbocycles. The summed E-state index contributed by atoms with van der Waals surface area (Å²) in [6, 6.07) is 8.31. The van der Waals surface area contributed by atoms with Crippen LogP contribution in [0.25, 0.3) is 0 Å². The summed E-state index contributed by atoms with van der Waals surface area (Å²) in [5, 5.41) is 13.1. The Morgan fingerprint density at radius 3 is 2.48 bits per heavy atom. The second-order valence-corrected chi connectivity index (χ2v) is 5.49. The molecule has 21 heavy (non-hydrogen) atoms. The monoisotopic (exact) mass is 290 g/mol. The van der Waals surface area contributed by atoms with Crippen LogP contribution in [0.5, 0.6) is 11.5 Å². The van der Waals surface area contributed by atoms with Crippen LogP contribution in [0.3, 0.4) is 0 Å². The molecule has 0 aliphatic carbocycles.